The molecular weight excluding hydrogens is 460 g/mol. The summed E-state index contributed by atoms with van der Waals surface area (Å²) in [7, 11) is 0. The Morgan fingerprint density at radius 1 is 1.28 bits per heavy atom. The van der Waals surface area contributed by atoms with Crippen LogP contribution in [0.4, 0.5) is 11.4 Å². The van der Waals surface area contributed by atoms with Crippen molar-refractivity contribution in [3.8, 4) is 0 Å². The number of hydrogen-bond acceptors (Lipinski definition) is 4. The number of carbonyl (C=O) groups excluding carboxylic acids is 3. The topological polar surface area (TPSA) is 75.7 Å². The van der Waals surface area contributed by atoms with Crippen molar-refractivity contribution < 1.29 is 19.1 Å². The second kappa shape index (κ2) is 9.41. The van der Waals surface area contributed by atoms with Gasteiger partial charge in [0, 0.05) is 33.8 Å². The summed E-state index contributed by atoms with van der Waals surface area (Å²) in [5.41, 5.74) is 2.29. The molecule has 0 radical (unpaired) electrons. The van der Waals surface area contributed by atoms with Crippen LogP contribution in [0, 0.1) is 5.92 Å². The number of nitrogens with zero attached hydrogens (tertiary/aromatic N) is 1. The Morgan fingerprint density at radius 2 is 2.07 bits per heavy atom. The van der Waals surface area contributed by atoms with Gasteiger partial charge in [-0.25, -0.2) is 0 Å². The van der Waals surface area contributed by atoms with Gasteiger partial charge in [0.1, 0.15) is 0 Å². The first-order chi connectivity index (χ1) is 13.9. The monoisotopic (exact) mass is 478 g/mol. The molecule has 2 amide bonds. The Hall–Kier alpha value is -2.38. The van der Waals surface area contributed by atoms with Crippen molar-refractivity contribution in [2.24, 2.45) is 5.92 Å². The van der Waals surface area contributed by atoms with Crippen molar-refractivity contribution in [1.29, 1.82) is 0 Å². The molecule has 6 nitrogen and oxygen atoms in total. The van der Waals surface area contributed by atoms with Crippen LogP contribution >= 0.6 is 27.5 Å². The van der Waals surface area contributed by atoms with Gasteiger partial charge in [0.2, 0.25) is 5.91 Å². The van der Waals surface area contributed by atoms with E-state index in [0.29, 0.717) is 16.4 Å². The van der Waals surface area contributed by atoms with E-state index in [4.69, 9.17) is 16.3 Å². The number of aryl methyl sites for hydroxylation is 1. The molecule has 0 unspecified atom stereocenters. The van der Waals surface area contributed by atoms with E-state index < -0.39 is 24.4 Å². The molecule has 0 bridgehead atoms. The van der Waals surface area contributed by atoms with Gasteiger partial charge in [0.25, 0.3) is 5.91 Å². The van der Waals surface area contributed by atoms with Crippen LogP contribution in [0.5, 0.6) is 0 Å². The predicted molar refractivity (Wildman–Crippen MR) is 115 cm³/mol. The van der Waals surface area contributed by atoms with E-state index >= 15 is 0 Å². The summed E-state index contributed by atoms with van der Waals surface area (Å²) < 4.78 is 6.07. The summed E-state index contributed by atoms with van der Waals surface area (Å²) in [6, 6.07) is 12.4. The number of anilines is 2. The van der Waals surface area contributed by atoms with Gasteiger partial charge in [0.15, 0.2) is 6.61 Å². The highest BCUT2D eigenvalue weighted by molar-refractivity contribution is 9.10. The molecule has 8 heteroatoms. The largest absolute Gasteiger partial charge is 0.455 e. The van der Waals surface area contributed by atoms with E-state index in [1.54, 1.807) is 30.3 Å². The number of benzene rings is 2. The van der Waals surface area contributed by atoms with E-state index in [0.717, 1.165) is 16.5 Å². The highest BCUT2D eigenvalue weighted by atomic mass is 79.9. The number of esters is 1. The molecule has 1 N–H and O–H groups in total. The minimum absolute atomic E-state index is 0.0413. The van der Waals surface area contributed by atoms with E-state index in [9.17, 15) is 14.4 Å². The van der Waals surface area contributed by atoms with Gasteiger partial charge >= 0.3 is 5.97 Å². The Kier molecular flexibility index (Phi) is 6.92. The fraction of sp³-hybridized carbons (Fsp3) is 0.286. The van der Waals surface area contributed by atoms with Crippen LogP contribution in [0.25, 0.3) is 0 Å². The van der Waals surface area contributed by atoms with Crippen LogP contribution in [0.3, 0.4) is 0 Å². The third-order valence-electron chi connectivity index (χ3n) is 4.65. The van der Waals surface area contributed by atoms with Crippen LogP contribution in [0.1, 0.15) is 18.9 Å². The third-order valence-corrected chi connectivity index (χ3v) is 5.37. The number of hydrogen-bond donors (Lipinski definition) is 1. The molecule has 1 aliphatic rings. The lowest BCUT2D eigenvalue weighted by atomic mass is 10.1. The number of rotatable bonds is 6. The van der Waals surface area contributed by atoms with E-state index in [1.807, 2.05) is 19.1 Å². The van der Waals surface area contributed by atoms with E-state index in [1.165, 1.54) is 4.90 Å². The molecule has 1 saturated heterocycles. The van der Waals surface area contributed by atoms with Crippen LogP contribution in [0.2, 0.25) is 5.02 Å². The summed E-state index contributed by atoms with van der Waals surface area (Å²) in [4.78, 5) is 38.3. The molecule has 0 saturated carbocycles. The third kappa shape index (κ3) is 5.36. The quantitative estimate of drug-likeness (QED) is 0.630. The maximum absolute atomic E-state index is 12.3. The molecular formula is C21H20BrClN2O4. The zero-order chi connectivity index (χ0) is 21.0. The SMILES string of the molecule is CCc1cc(Br)ccc1NC(=O)COC(=O)[C@H]1CC(=O)N(c2cccc(Cl)c2)C1. The maximum Gasteiger partial charge on any atom is 0.311 e. The van der Waals surface area contributed by atoms with Gasteiger partial charge in [-0.3, -0.25) is 14.4 Å². The van der Waals surface area contributed by atoms with E-state index in [2.05, 4.69) is 21.2 Å². The smallest absolute Gasteiger partial charge is 0.311 e. The molecule has 1 fully saturated rings. The standard InChI is InChI=1S/C21H20BrClN2O4/c1-2-13-8-15(22)6-7-18(13)24-19(26)12-29-21(28)14-9-20(27)25(11-14)17-5-3-4-16(23)10-17/h3-8,10,14H,2,9,11-12H2,1H3,(H,24,26)/t14-/m0/s1. The maximum atomic E-state index is 12.3. The zero-order valence-corrected chi connectivity index (χ0v) is 18.1. The molecule has 1 aliphatic heterocycles. The molecule has 0 aliphatic carbocycles. The summed E-state index contributed by atoms with van der Waals surface area (Å²) in [6.07, 6.45) is 0.790. The fourth-order valence-electron chi connectivity index (χ4n) is 3.18. The number of amides is 2. The average Bonchev–Trinajstić information content (AvgIpc) is 3.09. The molecule has 0 spiro atoms. The number of carbonyl (C=O) groups is 3. The van der Waals surface area contributed by atoms with Crippen molar-refractivity contribution >= 4 is 56.7 Å². The Labute approximate surface area is 182 Å². The molecule has 1 atom stereocenters. The Balaban J connectivity index is 1.54. The molecule has 152 valence electrons. The van der Waals surface area contributed by atoms with E-state index in [-0.39, 0.29) is 18.9 Å². The second-order valence-electron chi connectivity index (χ2n) is 6.70. The second-order valence-corrected chi connectivity index (χ2v) is 8.05. The van der Waals surface area contributed by atoms with Gasteiger partial charge in [-0.2, -0.15) is 0 Å². The van der Waals surface area contributed by atoms with Crippen LogP contribution in [-0.2, 0) is 25.5 Å². The van der Waals surface area contributed by atoms with Crippen LogP contribution in [0.15, 0.2) is 46.9 Å². The molecule has 0 aromatic heterocycles. The lowest BCUT2D eigenvalue weighted by molar-refractivity contribution is -0.151. The first-order valence-corrected chi connectivity index (χ1v) is 10.3. The lowest BCUT2D eigenvalue weighted by Gasteiger charge is -2.16. The lowest BCUT2D eigenvalue weighted by Crippen LogP contribution is -2.28. The minimum atomic E-state index is -0.617. The first kappa shape index (κ1) is 21.3. The summed E-state index contributed by atoms with van der Waals surface area (Å²) in [5, 5.41) is 3.27. The van der Waals surface area contributed by atoms with Gasteiger partial charge in [-0.15, -0.1) is 0 Å². The number of nitrogens with one attached hydrogen (secondary N) is 1. The molecule has 2 aromatic carbocycles. The van der Waals surface area contributed by atoms with Gasteiger partial charge in [-0.05, 0) is 48.4 Å². The molecule has 1 heterocycles. The van der Waals surface area contributed by atoms with Gasteiger partial charge in [0.05, 0.1) is 5.92 Å². The van der Waals surface area contributed by atoms with Crippen LogP contribution < -0.4 is 10.2 Å². The zero-order valence-electron chi connectivity index (χ0n) is 15.8. The van der Waals surface area contributed by atoms with Crippen molar-refractivity contribution in [2.45, 2.75) is 19.8 Å². The molecule has 29 heavy (non-hydrogen) atoms. The normalized spacial score (nSPS) is 16.0. The van der Waals surface area contributed by atoms with Crippen molar-refractivity contribution in [3.63, 3.8) is 0 Å². The minimum Gasteiger partial charge on any atom is -0.455 e. The van der Waals surface area contributed by atoms with Crippen LogP contribution in [-0.4, -0.2) is 30.9 Å². The Morgan fingerprint density at radius 3 is 2.79 bits per heavy atom. The highest BCUT2D eigenvalue weighted by Gasteiger charge is 2.36. The molecule has 2 aromatic rings. The van der Waals surface area contributed by atoms with Crippen molar-refractivity contribution in [3.05, 3.63) is 57.5 Å². The fourth-order valence-corrected chi connectivity index (χ4v) is 3.77. The van der Waals surface area contributed by atoms with Crippen molar-refractivity contribution in [2.75, 3.05) is 23.4 Å². The summed E-state index contributed by atoms with van der Waals surface area (Å²) in [6.45, 7) is 1.78. The number of halogens is 2. The number of ether oxygens (including phenoxy) is 1. The first-order valence-electron chi connectivity index (χ1n) is 9.18. The average molecular weight is 480 g/mol. The summed E-state index contributed by atoms with van der Waals surface area (Å²) >= 11 is 9.37. The Bertz CT molecular complexity index is 950. The molecule has 3 rings (SSSR count). The highest BCUT2D eigenvalue weighted by Crippen LogP contribution is 2.28. The van der Waals surface area contributed by atoms with Gasteiger partial charge < -0.3 is 15.0 Å². The predicted octanol–water partition coefficient (Wildman–Crippen LogP) is 4.20. The van der Waals surface area contributed by atoms with Gasteiger partial charge in [-0.1, -0.05) is 40.5 Å². The van der Waals surface area contributed by atoms with Crippen molar-refractivity contribution in [1.82, 2.24) is 0 Å². The summed E-state index contributed by atoms with van der Waals surface area (Å²) in [5.74, 6) is -1.79.